The van der Waals surface area contributed by atoms with Crippen molar-refractivity contribution in [3.8, 4) is 0 Å². The monoisotopic (exact) mass is 274 g/mol. The van der Waals surface area contributed by atoms with Gasteiger partial charge >= 0.3 is 0 Å². The highest BCUT2D eigenvalue weighted by molar-refractivity contribution is 5.33. The Bertz CT molecular complexity index is 423. The number of rotatable bonds is 8. The van der Waals surface area contributed by atoms with Gasteiger partial charge in [0.15, 0.2) is 0 Å². The van der Waals surface area contributed by atoms with E-state index in [9.17, 15) is 0 Å². The van der Waals surface area contributed by atoms with E-state index in [1.165, 1.54) is 36.1 Å². The summed E-state index contributed by atoms with van der Waals surface area (Å²) in [4.78, 5) is 2.62. The lowest BCUT2D eigenvalue weighted by Crippen LogP contribution is -2.36. The first kappa shape index (κ1) is 15.5. The minimum atomic E-state index is 0.458. The minimum Gasteiger partial charge on any atom is -0.309 e. The van der Waals surface area contributed by atoms with E-state index in [-0.39, 0.29) is 0 Å². The van der Waals surface area contributed by atoms with Crippen molar-refractivity contribution >= 4 is 0 Å². The van der Waals surface area contributed by atoms with Crippen molar-refractivity contribution in [1.82, 2.24) is 10.2 Å². The van der Waals surface area contributed by atoms with Crippen molar-refractivity contribution < 1.29 is 0 Å². The third kappa shape index (κ3) is 4.32. The van der Waals surface area contributed by atoms with Crippen LogP contribution in [-0.2, 0) is 0 Å². The van der Waals surface area contributed by atoms with Crippen LogP contribution in [0.4, 0.5) is 0 Å². The zero-order valence-electron chi connectivity index (χ0n) is 13.6. The van der Waals surface area contributed by atoms with Crippen LogP contribution in [0, 0.1) is 19.8 Å². The summed E-state index contributed by atoms with van der Waals surface area (Å²) in [5, 5.41) is 3.68. The highest BCUT2D eigenvalue weighted by atomic mass is 15.1. The molecule has 1 atom stereocenters. The van der Waals surface area contributed by atoms with Crippen LogP contribution in [0.2, 0.25) is 0 Å². The predicted octanol–water partition coefficient (Wildman–Crippen LogP) is 3.69. The second kappa shape index (κ2) is 7.24. The third-order valence-corrected chi connectivity index (χ3v) is 4.35. The maximum atomic E-state index is 3.68. The van der Waals surface area contributed by atoms with Crippen LogP contribution in [0.3, 0.4) is 0 Å². The van der Waals surface area contributed by atoms with Crippen LogP contribution in [0.1, 0.15) is 49.4 Å². The number of nitrogens with one attached hydrogen (secondary N) is 1. The molecule has 0 aromatic heterocycles. The number of hydrogen-bond acceptors (Lipinski definition) is 2. The second-order valence-corrected chi connectivity index (χ2v) is 6.27. The standard InChI is InChI=1S/C18H30N2/c1-5-19-18(13-20(6-2)12-16-8-9-16)17-10-7-14(3)11-15(17)4/h7,10-11,16,18-19H,5-6,8-9,12-13H2,1-4H3. The Hall–Kier alpha value is -0.860. The number of aryl methyl sites for hydroxylation is 2. The number of nitrogens with zero attached hydrogens (tertiary/aromatic N) is 1. The van der Waals surface area contributed by atoms with E-state index in [1.807, 2.05) is 0 Å². The lowest BCUT2D eigenvalue weighted by atomic mass is 9.98. The molecule has 2 heteroatoms. The normalized spacial score (nSPS) is 16.6. The molecule has 0 spiro atoms. The molecule has 0 saturated heterocycles. The van der Waals surface area contributed by atoms with E-state index in [0.717, 1.165) is 25.6 Å². The average Bonchev–Trinajstić information content (AvgIpc) is 3.21. The molecule has 1 N–H and O–H groups in total. The van der Waals surface area contributed by atoms with Crippen LogP contribution >= 0.6 is 0 Å². The fourth-order valence-corrected chi connectivity index (χ4v) is 2.99. The lowest BCUT2D eigenvalue weighted by molar-refractivity contribution is 0.245. The van der Waals surface area contributed by atoms with Crippen LogP contribution in [0.25, 0.3) is 0 Å². The largest absolute Gasteiger partial charge is 0.309 e. The molecule has 2 nitrogen and oxygen atoms in total. The van der Waals surface area contributed by atoms with Crippen LogP contribution in [0.15, 0.2) is 18.2 Å². The van der Waals surface area contributed by atoms with Gasteiger partial charge in [0.2, 0.25) is 0 Å². The van der Waals surface area contributed by atoms with E-state index in [4.69, 9.17) is 0 Å². The molecule has 1 unspecified atom stereocenters. The van der Waals surface area contributed by atoms with Crippen molar-refractivity contribution in [3.05, 3.63) is 34.9 Å². The molecule has 20 heavy (non-hydrogen) atoms. The van der Waals surface area contributed by atoms with Gasteiger partial charge in [0.1, 0.15) is 0 Å². The van der Waals surface area contributed by atoms with Gasteiger partial charge in [0.05, 0.1) is 0 Å². The fraction of sp³-hybridized carbons (Fsp3) is 0.667. The quantitative estimate of drug-likeness (QED) is 0.778. The molecule has 2 rings (SSSR count). The summed E-state index contributed by atoms with van der Waals surface area (Å²) in [6, 6.07) is 7.31. The molecular weight excluding hydrogens is 244 g/mol. The summed E-state index contributed by atoms with van der Waals surface area (Å²) in [5.41, 5.74) is 4.23. The summed E-state index contributed by atoms with van der Waals surface area (Å²) >= 11 is 0. The Labute approximate surface area is 124 Å². The van der Waals surface area contributed by atoms with Gasteiger partial charge in [0.25, 0.3) is 0 Å². The topological polar surface area (TPSA) is 15.3 Å². The Kier molecular flexibility index (Phi) is 5.62. The van der Waals surface area contributed by atoms with E-state index >= 15 is 0 Å². The van der Waals surface area contributed by atoms with Crippen molar-refractivity contribution in [2.75, 3.05) is 26.2 Å². The molecule has 1 fully saturated rings. The van der Waals surface area contributed by atoms with Crippen molar-refractivity contribution in [2.45, 2.75) is 46.6 Å². The van der Waals surface area contributed by atoms with Crippen molar-refractivity contribution in [1.29, 1.82) is 0 Å². The molecule has 0 amide bonds. The van der Waals surface area contributed by atoms with Gasteiger partial charge in [-0.1, -0.05) is 37.6 Å². The van der Waals surface area contributed by atoms with E-state index in [0.29, 0.717) is 6.04 Å². The first-order chi connectivity index (χ1) is 9.63. The molecule has 1 aromatic carbocycles. The summed E-state index contributed by atoms with van der Waals surface area (Å²) in [5.74, 6) is 0.969. The molecule has 112 valence electrons. The summed E-state index contributed by atoms with van der Waals surface area (Å²) in [7, 11) is 0. The van der Waals surface area contributed by atoms with Gasteiger partial charge in [0, 0.05) is 19.1 Å². The Morgan fingerprint density at radius 2 is 2.00 bits per heavy atom. The average molecular weight is 274 g/mol. The zero-order chi connectivity index (χ0) is 14.5. The highest BCUT2D eigenvalue weighted by Crippen LogP contribution is 2.30. The Morgan fingerprint density at radius 3 is 2.55 bits per heavy atom. The predicted molar refractivity (Wildman–Crippen MR) is 87.2 cm³/mol. The first-order valence-electron chi connectivity index (χ1n) is 8.16. The molecule has 1 aliphatic rings. The first-order valence-corrected chi connectivity index (χ1v) is 8.16. The summed E-state index contributed by atoms with van der Waals surface area (Å²) in [6.07, 6.45) is 2.87. The molecule has 0 aliphatic heterocycles. The Balaban J connectivity index is 2.07. The van der Waals surface area contributed by atoms with Gasteiger partial charge in [-0.15, -0.1) is 0 Å². The molecule has 0 heterocycles. The molecule has 0 bridgehead atoms. The van der Waals surface area contributed by atoms with Gasteiger partial charge in [-0.2, -0.15) is 0 Å². The lowest BCUT2D eigenvalue weighted by Gasteiger charge is -2.28. The highest BCUT2D eigenvalue weighted by Gasteiger charge is 2.25. The molecule has 1 aromatic rings. The van der Waals surface area contributed by atoms with Gasteiger partial charge in [-0.05, 0) is 56.8 Å². The van der Waals surface area contributed by atoms with E-state index in [2.05, 4.69) is 56.1 Å². The molecule has 1 aliphatic carbocycles. The molecular formula is C18H30N2. The van der Waals surface area contributed by atoms with Crippen molar-refractivity contribution in [3.63, 3.8) is 0 Å². The smallest absolute Gasteiger partial charge is 0.0451 e. The third-order valence-electron chi connectivity index (χ3n) is 4.35. The summed E-state index contributed by atoms with van der Waals surface area (Å²) < 4.78 is 0. The number of benzene rings is 1. The summed E-state index contributed by atoms with van der Waals surface area (Å²) in [6.45, 7) is 13.5. The van der Waals surface area contributed by atoms with E-state index in [1.54, 1.807) is 0 Å². The number of likely N-dealkylation sites (N-methyl/N-ethyl adjacent to an activating group) is 2. The van der Waals surface area contributed by atoms with Crippen LogP contribution in [0.5, 0.6) is 0 Å². The fourth-order valence-electron chi connectivity index (χ4n) is 2.99. The van der Waals surface area contributed by atoms with Gasteiger partial charge < -0.3 is 10.2 Å². The maximum absolute atomic E-state index is 3.68. The molecule has 1 saturated carbocycles. The van der Waals surface area contributed by atoms with Gasteiger partial charge in [-0.25, -0.2) is 0 Å². The van der Waals surface area contributed by atoms with Gasteiger partial charge in [-0.3, -0.25) is 0 Å². The van der Waals surface area contributed by atoms with E-state index < -0.39 is 0 Å². The van der Waals surface area contributed by atoms with Crippen LogP contribution < -0.4 is 5.32 Å². The minimum absolute atomic E-state index is 0.458. The second-order valence-electron chi connectivity index (χ2n) is 6.27. The number of hydrogen-bond donors (Lipinski definition) is 1. The van der Waals surface area contributed by atoms with Crippen molar-refractivity contribution in [2.24, 2.45) is 5.92 Å². The SMILES string of the molecule is CCNC(CN(CC)CC1CC1)c1ccc(C)cc1C. The zero-order valence-corrected chi connectivity index (χ0v) is 13.6. The molecule has 0 radical (unpaired) electrons. The van der Waals surface area contributed by atoms with Crippen LogP contribution in [-0.4, -0.2) is 31.1 Å². The maximum Gasteiger partial charge on any atom is 0.0451 e. The Morgan fingerprint density at radius 1 is 1.25 bits per heavy atom.